The molecule has 7 heteroatoms. The number of aryl methyl sites for hydroxylation is 1. The smallest absolute Gasteiger partial charge is 0.224 e. The first-order chi connectivity index (χ1) is 11.8. The zero-order valence-corrected chi connectivity index (χ0v) is 13.2. The number of methoxy groups -OCH3 is 1. The highest BCUT2D eigenvalue weighted by Crippen LogP contribution is 2.19. The molecule has 122 valence electrons. The topological polar surface area (TPSA) is 81.9 Å². The molecule has 0 saturated carbocycles. The van der Waals surface area contributed by atoms with Crippen LogP contribution in [0.4, 0.5) is 5.69 Å². The molecule has 2 aromatic carbocycles. The summed E-state index contributed by atoms with van der Waals surface area (Å²) < 4.78 is 6.83. The fourth-order valence-electron chi connectivity index (χ4n) is 2.39. The van der Waals surface area contributed by atoms with E-state index in [9.17, 15) is 4.79 Å². The highest BCUT2D eigenvalue weighted by molar-refractivity contribution is 5.91. The summed E-state index contributed by atoms with van der Waals surface area (Å²) in [5.41, 5.74) is 2.49. The second-order valence-corrected chi connectivity index (χ2v) is 5.16. The van der Waals surface area contributed by atoms with Crippen molar-refractivity contribution in [2.75, 3.05) is 12.4 Å². The maximum Gasteiger partial charge on any atom is 0.224 e. The fraction of sp³-hybridized carbons (Fsp3) is 0.176. The molecule has 24 heavy (non-hydrogen) atoms. The van der Waals surface area contributed by atoms with Gasteiger partial charge < -0.3 is 10.1 Å². The number of carbonyl (C=O) groups is 1. The third kappa shape index (κ3) is 3.75. The monoisotopic (exact) mass is 323 g/mol. The lowest BCUT2D eigenvalue weighted by atomic mass is 10.1. The number of ether oxygens (including phenoxy) is 1. The van der Waals surface area contributed by atoms with Crippen LogP contribution in [-0.4, -0.2) is 33.2 Å². The van der Waals surface area contributed by atoms with Crippen molar-refractivity contribution in [2.45, 2.75) is 12.8 Å². The highest BCUT2D eigenvalue weighted by atomic mass is 16.5. The first-order valence-electron chi connectivity index (χ1n) is 7.51. The van der Waals surface area contributed by atoms with Gasteiger partial charge in [0.05, 0.1) is 12.8 Å². The molecule has 1 amide bonds. The molecule has 0 radical (unpaired) electrons. The van der Waals surface area contributed by atoms with Crippen LogP contribution in [0.15, 0.2) is 54.9 Å². The van der Waals surface area contributed by atoms with Crippen molar-refractivity contribution in [3.63, 3.8) is 0 Å². The van der Waals surface area contributed by atoms with Gasteiger partial charge in [-0.15, -0.1) is 5.10 Å². The molecular weight excluding hydrogens is 306 g/mol. The summed E-state index contributed by atoms with van der Waals surface area (Å²) in [5, 5.41) is 13.9. The molecule has 0 bridgehead atoms. The van der Waals surface area contributed by atoms with E-state index in [0.717, 1.165) is 17.0 Å². The van der Waals surface area contributed by atoms with E-state index in [-0.39, 0.29) is 5.91 Å². The van der Waals surface area contributed by atoms with E-state index >= 15 is 0 Å². The lowest BCUT2D eigenvalue weighted by Gasteiger charge is -2.09. The minimum absolute atomic E-state index is 0.0604. The number of rotatable bonds is 6. The van der Waals surface area contributed by atoms with Crippen LogP contribution in [0.2, 0.25) is 0 Å². The Bertz CT molecular complexity index is 817. The average molecular weight is 323 g/mol. The molecule has 0 atom stereocenters. The molecule has 7 nitrogen and oxygen atoms in total. The van der Waals surface area contributed by atoms with Crippen molar-refractivity contribution >= 4 is 11.6 Å². The van der Waals surface area contributed by atoms with Gasteiger partial charge in [-0.05, 0) is 46.7 Å². The molecule has 3 aromatic rings. The van der Waals surface area contributed by atoms with Gasteiger partial charge in [-0.1, -0.05) is 24.3 Å². The van der Waals surface area contributed by atoms with Crippen molar-refractivity contribution in [3.8, 4) is 11.4 Å². The lowest BCUT2D eigenvalue weighted by molar-refractivity contribution is -0.116. The Balaban J connectivity index is 1.62. The first kappa shape index (κ1) is 15.7. The largest absolute Gasteiger partial charge is 0.496 e. The zero-order chi connectivity index (χ0) is 16.8. The minimum atomic E-state index is -0.0604. The molecule has 1 N–H and O–H groups in total. The number of anilines is 1. The summed E-state index contributed by atoms with van der Waals surface area (Å²) >= 11 is 0. The number of carbonyl (C=O) groups excluding carboxylic acids is 1. The van der Waals surface area contributed by atoms with Gasteiger partial charge in [0.15, 0.2) is 0 Å². The van der Waals surface area contributed by atoms with Gasteiger partial charge in [-0.25, -0.2) is 4.68 Å². The van der Waals surface area contributed by atoms with Gasteiger partial charge in [-0.3, -0.25) is 4.79 Å². The van der Waals surface area contributed by atoms with E-state index in [1.807, 2.05) is 48.5 Å². The molecule has 0 unspecified atom stereocenters. The van der Waals surface area contributed by atoms with E-state index in [0.29, 0.717) is 18.5 Å². The minimum Gasteiger partial charge on any atom is -0.496 e. The molecule has 0 fully saturated rings. The number of para-hydroxylation sites is 1. The molecule has 1 heterocycles. The third-order valence-corrected chi connectivity index (χ3v) is 3.56. The second-order valence-electron chi connectivity index (χ2n) is 5.16. The Morgan fingerprint density at radius 1 is 1.21 bits per heavy atom. The summed E-state index contributed by atoms with van der Waals surface area (Å²) in [6.45, 7) is 0. The molecule has 0 aliphatic rings. The van der Waals surface area contributed by atoms with Crippen molar-refractivity contribution < 1.29 is 9.53 Å². The van der Waals surface area contributed by atoms with Crippen LogP contribution >= 0.6 is 0 Å². The van der Waals surface area contributed by atoms with Crippen LogP contribution in [0.1, 0.15) is 12.0 Å². The normalized spacial score (nSPS) is 10.4. The van der Waals surface area contributed by atoms with Crippen molar-refractivity contribution in [3.05, 3.63) is 60.4 Å². The van der Waals surface area contributed by atoms with Crippen molar-refractivity contribution in [1.82, 2.24) is 20.2 Å². The predicted molar refractivity (Wildman–Crippen MR) is 89.1 cm³/mol. The van der Waals surface area contributed by atoms with E-state index in [2.05, 4.69) is 20.8 Å². The molecule has 3 rings (SSSR count). The van der Waals surface area contributed by atoms with Gasteiger partial charge in [0.1, 0.15) is 12.1 Å². The average Bonchev–Trinajstić information content (AvgIpc) is 3.15. The summed E-state index contributed by atoms with van der Waals surface area (Å²) in [6.07, 6.45) is 2.49. The number of benzene rings is 2. The number of tetrazole rings is 1. The van der Waals surface area contributed by atoms with Gasteiger partial charge in [-0.2, -0.15) is 0 Å². The van der Waals surface area contributed by atoms with E-state index < -0.39 is 0 Å². The summed E-state index contributed by atoms with van der Waals surface area (Å²) in [6, 6.07) is 15.0. The summed E-state index contributed by atoms with van der Waals surface area (Å²) in [5.74, 6) is 0.737. The number of nitrogens with one attached hydrogen (secondary N) is 1. The Hall–Kier alpha value is -3.22. The number of hydrogen-bond acceptors (Lipinski definition) is 5. The summed E-state index contributed by atoms with van der Waals surface area (Å²) in [7, 11) is 1.63. The number of aromatic nitrogens is 4. The van der Waals surface area contributed by atoms with Crippen molar-refractivity contribution in [1.29, 1.82) is 0 Å². The SMILES string of the molecule is COc1ccccc1CCC(=O)Nc1cccc(-n2cnnn2)c1. The lowest BCUT2D eigenvalue weighted by Crippen LogP contribution is -2.13. The molecule has 0 aliphatic heterocycles. The quantitative estimate of drug-likeness (QED) is 0.752. The third-order valence-electron chi connectivity index (χ3n) is 3.56. The van der Waals surface area contributed by atoms with E-state index in [1.54, 1.807) is 7.11 Å². The molecular formula is C17H17N5O2. The van der Waals surface area contributed by atoms with E-state index in [1.165, 1.54) is 11.0 Å². The van der Waals surface area contributed by atoms with Gasteiger partial charge in [0.25, 0.3) is 0 Å². The maximum atomic E-state index is 12.2. The van der Waals surface area contributed by atoms with Gasteiger partial charge in [0.2, 0.25) is 5.91 Å². The summed E-state index contributed by atoms with van der Waals surface area (Å²) in [4.78, 5) is 12.2. The Morgan fingerprint density at radius 2 is 2.08 bits per heavy atom. The molecule has 1 aromatic heterocycles. The number of hydrogen-bond donors (Lipinski definition) is 1. The van der Waals surface area contributed by atoms with Gasteiger partial charge >= 0.3 is 0 Å². The standard InChI is InChI=1S/C17H17N5O2/c1-24-16-8-3-2-5-13(16)9-10-17(23)19-14-6-4-7-15(11-14)22-12-18-20-21-22/h2-8,11-12H,9-10H2,1H3,(H,19,23). The van der Waals surface area contributed by atoms with Crippen LogP contribution in [0.5, 0.6) is 5.75 Å². The number of nitrogens with zero attached hydrogens (tertiary/aromatic N) is 4. The predicted octanol–water partition coefficient (Wildman–Crippen LogP) is 2.24. The van der Waals surface area contributed by atoms with Crippen LogP contribution in [0.25, 0.3) is 5.69 Å². The van der Waals surface area contributed by atoms with Gasteiger partial charge in [0, 0.05) is 12.1 Å². The van der Waals surface area contributed by atoms with Crippen LogP contribution in [0.3, 0.4) is 0 Å². The molecule has 0 aliphatic carbocycles. The van der Waals surface area contributed by atoms with Crippen molar-refractivity contribution in [2.24, 2.45) is 0 Å². The zero-order valence-electron chi connectivity index (χ0n) is 13.2. The number of amides is 1. The van der Waals surface area contributed by atoms with Crippen LogP contribution < -0.4 is 10.1 Å². The second kappa shape index (κ2) is 7.36. The van der Waals surface area contributed by atoms with Crippen LogP contribution in [0, 0.1) is 0 Å². The Morgan fingerprint density at radius 3 is 2.88 bits per heavy atom. The Kier molecular flexibility index (Phi) is 4.81. The maximum absolute atomic E-state index is 12.2. The first-order valence-corrected chi connectivity index (χ1v) is 7.51. The Labute approximate surface area is 139 Å². The highest BCUT2D eigenvalue weighted by Gasteiger charge is 2.07. The van der Waals surface area contributed by atoms with Crippen LogP contribution in [-0.2, 0) is 11.2 Å². The molecule has 0 spiro atoms. The molecule has 0 saturated heterocycles. The van der Waals surface area contributed by atoms with E-state index in [4.69, 9.17) is 4.74 Å². The fourth-order valence-corrected chi connectivity index (χ4v) is 2.39.